The van der Waals surface area contributed by atoms with E-state index in [1.165, 1.54) is 12.8 Å². The molecule has 94 valence electrons. The Balaban J connectivity index is 1.66. The standard InChI is InChI=1S/C14H18N4/c1-2-6-13-12(5-1)10-17-14(18-13)16-9-11-4-3-7-15-8-11/h1-2,5-6,10-11,15H,3-4,7-9H2,(H,16,17,18). The minimum Gasteiger partial charge on any atom is -0.354 e. The van der Waals surface area contributed by atoms with Crippen LogP contribution in [0.2, 0.25) is 0 Å². The molecular weight excluding hydrogens is 224 g/mol. The summed E-state index contributed by atoms with van der Waals surface area (Å²) in [4.78, 5) is 8.87. The highest BCUT2D eigenvalue weighted by molar-refractivity contribution is 5.78. The lowest BCUT2D eigenvalue weighted by Gasteiger charge is -2.22. The zero-order chi connectivity index (χ0) is 12.2. The Morgan fingerprint density at radius 2 is 2.28 bits per heavy atom. The molecule has 0 radical (unpaired) electrons. The Morgan fingerprint density at radius 1 is 1.33 bits per heavy atom. The normalized spacial score (nSPS) is 19.9. The van der Waals surface area contributed by atoms with E-state index >= 15 is 0 Å². The van der Waals surface area contributed by atoms with E-state index in [1.54, 1.807) is 0 Å². The minimum atomic E-state index is 0.689. The fraction of sp³-hybridized carbons (Fsp3) is 0.429. The van der Waals surface area contributed by atoms with Gasteiger partial charge < -0.3 is 10.6 Å². The van der Waals surface area contributed by atoms with Crippen LogP contribution in [0.25, 0.3) is 10.9 Å². The maximum absolute atomic E-state index is 4.52. The number of piperidine rings is 1. The molecule has 0 spiro atoms. The topological polar surface area (TPSA) is 49.8 Å². The number of rotatable bonds is 3. The number of nitrogens with zero attached hydrogens (tertiary/aromatic N) is 2. The molecule has 0 saturated carbocycles. The maximum Gasteiger partial charge on any atom is 0.223 e. The van der Waals surface area contributed by atoms with Crippen LogP contribution < -0.4 is 10.6 Å². The molecule has 4 heteroatoms. The summed E-state index contributed by atoms with van der Waals surface area (Å²) in [7, 11) is 0. The molecule has 3 rings (SSSR count). The third-order valence-electron chi connectivity index (χ3n) is 3.44. The summed E-state index contributed by atoms with van der Waals surface area (Å²) in [6, 6.07) is 8.06. The van der Waals surface area contributed by atoms with E-state index < -0.39 is 0 Å². The zero-order valence-electron chi connectivity index (χ0n) is 10.4. The molecule has 1 aromatic carbocycles. The molecule has 0 aliphatic carbocycles. The van der Waals surface area contributed by atoms with Crippen molar-refractivity contribution in [2.45, 2.75) is 12.8 Å². The maximum atomic E-state index is 4.52. The summed E-state index contributed by atoms with van der Waals surface area (Å²) in [5, 5.41) is 7.85. The van der Waals surface area contributed by atoms with Gasteiger partial charge in [-0.2, -0.15) is 0 Å². The van der Waals surface area contributed by atoms with Crippen LogP contribution in [0.1, 0.15) is 12.8 Å². The average molecular weight is 242 g/mol. The van der Waals surface area contributed by atoms with Gasteiger partial charge in [-0.1, -0.05) is 18.2 Å². The number of para-hydroxylation sites is 1. The fourth-order valence-corrected chi connectivity index (χ4v) is 2.39. The number of hydrogen-bond donors (Lipinski definition) is 2. The lowest BCUT2D eigenvalue weighted by molar-refractivity contribution is 0.392. The number of anilines is 1. The quantitative estimate of drug-likeness (QED) is 0.865. The Bertz CT molecular complexity index is 520. The molecule has 4 nitrogen and oxygen atoms in total. The van der Waals surface area contributed by atoms with Crippen LogP contribution in [0.4, 0.5) is 5.95 Å². The molecule has 1 atom stereocenters. The van der Waals surface area contributed by atoms with Crippen LogP contribution in [-0.4, -0.2) is 29.6 Å². The average Bonchev–Trinajstić information content (AvgIpc) is 2.46. The number of benzene rings is 1. The van der Waals surface area contributed by atoms with Crippen LogP contribution >= 0.6 is 0 Å². The summed E-state index contributed by atoms with van der Waals surface area (Å²) in [5.41, 5.74) is 0.997. The lowest BCUT2D eigenvalue weighted by Crippen LogP contribution is -2.33. The second-order valence-corrected chi connectivity index (χ2v) is 4.85. The molecule has 18 heavy (non-hydrogen) atoms. The summed E-state index contributed by atoms with van der Waals surface area (Å²) in [5.74, 6) is 1.42. The van der Waals surface area contributed by atoms with Gasteiger partial charge in [0.2, 0.25) is 5.95 Å². The van der Waals surface area contributed by atoms with E-state index in [-0.39, 0.29) is 0 Å². The first-order chi connectivity index (χ1) is 8.92. The van der Waals surface area contributed by atoms with Crippen molar-refractivity contribution in [3.8, 4) is 0 Å². The third kappa shape index (κ3) is 2.59. The zero-order valence-corrected chi connectivity index (χ0v) is 10.4. The SMILES string of the molecule is c1ccc2nc(NCC3CCCNC3)ncc2c1. The number of aromatic nitrogens is 2. The number of nitrogens with one attached hydrogen (secondary N) is 2. The molecule has 2 aromatic rings. The van der Waals surface area contributed by atoms with Crippen molar-refractivity contribution in [2.75, 3.05) is 25.0 Å². The Morgan fingerprint density at radius 3 is 3.17 bits per heavy atom. The molecule has 1 fully saturated rings. The smallest absolute Gasteiger partial charge is 0.223 e. The second kappa shape index (κ2) is 5.31. The van der Waals surface area contributed by atoms with Gasteiger partial charge in [0, 0.05) is 18.1 Å². The molecule has 2 heterocycles. The van der Waals surface area contributed by atoms with Gasteiger partial charge in [-0.3, -0.25) is 0 Å². The van der Waals surface area contributed by atoms with Crippen molar-refractivity contribution >= 4 is 16.9 Å². The van der Waals surface area contributed by atoms with Crippen molar-refractivity contribution in [1.29, 1.82) is 0 Å². The van der Waals surface area contributed by atoms with Crippen molar-refractivity contribution < 1.29 is 0 Å². The van der Waals surface area contributed by atoms with Gasteiger partial charge in [0.25, 0.3) is 0 Å². The molecule has 0 amide bonds. The number of fused-ring (bicyclic) bond motifs is 1. The van der Waals surface area contributed by atoms with Crippen molar-refractivity contribution in [1.82, 2.24) is 15.3 Å². The van der Waals surface area contributed by atoms with E-state index in [2.05, 4.69) is 20.6 Å². The largest absolute Gasteiger partial charge is 0.354 e. The third-order valence-corrected chi connectivity index (χ3v) is 3.44. The molecule has 1 saturated heterocycles. The first-order valence-electron chi connectivity index (χ1n) is 6.58. The fourth-order valence-electron chi connectivity index (χ4n) is 2.39. The van der Waals surface area contributed by atoms with E-state index in [4.69, 9.17) is 0 Å². The van der Waals surface area contributed by atoms with Gasteiger partial charge in [0.05, 0.1) is 5.52 Å². The van der Waals surface area contributed by atoms with Crippen LogP contribution in [0.3, 0.4) is 0 Å². The molecule has 2 N–H and O–H groups in total. The Kier molecular flexibility index (Phi) is 3.37. The van der Waals surface area contributed by atoms with Gasteiger partial charge >= 0.3 is 0 Å². The Hall–Kier alpha value is -1.68. The van der Waals surface area contributed by atoms with Crippen molar-refractivity contribution in [2.24, 2.45) is 5.92 Å². The summed E-state index contributed by atoms with van der Waals surface area (Å²) in [6.45, 7) is 3.20. The first kappa shape index (κ1) is 11.4. The van der Waals surface area contributed by atoms with Crippen LogP contribution in [-0.2, 0) is 0 Å². The van der Waals surface area contributed by atoms with Crippen LogP contribution in [0, 0.1) is 5.92 Å². The Labute approximate surface area is 107 Å². The highest BCUT2D eigenvalue weighted by atomic mass is 15.1. The highest BCUT2D eigenvalue weighted by Crippen LogP contribution is 2.13. The monoisotopic (exact) mass is 242 g/mol. The predicted octanol–water partition coefficient (Wildman–Crippen LogP) is 2.04. The van der Waals surface area contributed by atoms with Crippen LogP contribution in [0.5, 0.6) is 0 Å². The minimum absolute atomic E-state index is 0.689. The van der Waals surface area contributed by atoms with Gasteiger partial charge in [0.1, 0.15) is 0 Å². The summed E-state index contributed by atoms with van der Waals surface area (Å²) < 4.78 is 0. The first-order valence-corrected chi connectivity index (χ1v) is 6.58. The molecule has 1 aliphatic rings. The lowest BCUT2D eigenvalue weighted by atomic mass is 10.00. The van der Waals surface area contributed by atoms with E-state index in [0.717, 1.165) is 36.5 Å². The summed E-state index contributed by atoms with van der Waals surface area (Å²) in [6.07, 6.45) is 4.43. The van der Waals surface area contributed by atoms with Gasteiger partial charge in [-0.15, -0.1) is 0 Å². The van der Waals surface area contributed by atoms with E-state index in [1.807, 2.05) is 30.5 Å². The molecule has 1 aromatic heterocycles. The molecule has 1 aliphatic heterocycles. The van der Waals surface area contributed by atoms with Gasteiger partial charge in [-0.05, 0) is 37.9 Å². The summed E-state index contributed by atoms with van der Waals surface area (Å²) >= 11 is 0. The van der Waals surface area contributed by atoms with Gasteiger partial charge in [0.15, 0.2) is 0 Å². The highest BCUT2D eigenvalue weighted by Gasteiger charge is 2.12. The molecular formula is C14H18N4. The van der Waals surface area contributed by atoms with E-state index in [9.17, 15) is 0 Å². The number of hydrogen-bond acceptors (Lipinski definition) is 4. The van der Waals surface area contributed by atoms with Crippen molar-refractivity contribution in [3.05, 3.63) is 30.5 Å². The molecule has 0 bridgehead atoms. The second-order valence-electron chi connectivity index (χ2n) is 4.85. The van der Waals surface area contributed by atoms with Crippen molar-refractivity contribution in [3.63, 3.8) is 0 Å². The molecule has 1 unspecified atom stereocenters. The van der Waals surface area contributed by atoms with Gasteiger partial charge in [-0.25, -0.2) is 9.97 Å². The van der Waals surface area contributed by atoms with E-state index in [0.29, 0.717) is 5.92 Å². The predicted molar refractivity (Wildman–Crippen MR) is 73.6 cm³/mol. The van der Waals surface area contributed by atoms with Crippen LogP contribution in [0.15, 0.2) is 30.5 Å².